The van der Waals surface area contributed by atoms with Crippen molar-refractivity contribution in [2.24, 2.45) is 0 Å². The molecule has 0 fully saturated rings. The number of anilines is 1. The van der Waals surface area contributed by atoms with Crippen molar-refractivity contribution in [3.05, 3.63) is 16.0 Å². The Balaban J connectivity index is 2.08. The number of amides is 1. The molecule has 0 atom stereocenters. The summed E-state index contributed by atoms with van der Waals surface area (Å²) in [6.45, 7) is 7.33. The lowest BCUT2D eigenvalue weighted by atomic mass is 10.1. The molecule has 1 aliphatic heterocycles. The summed E-state index contributed by atoms with van der Waals surface area (Å²) in [7, 11) is 0. The molecule has 0 aromatic carbocycles. The van der Waals surface area contributed by atoms with Crippen LogP contribution in [-0.2, 0) is 22.5 Å². The normalized spacial score (nSPS) is 14.5. The van der Waals surface area contributed by atoms with Gasteiger partial charge in [0.15, 0.2) is 0 Å². The SMILES string of the molecule is CC(C)(C)OCC(=O)Nc1sc2c(c1C#N)CCNC2. The van der Waals surface area contributed by atoms with Gasteiger partial charge >= 0.3 is 0 Å². The van der Waals surface area contributed by atoms with E-state index in [1.165, 1.54) is 11.3 Å². The number of carbonyl (C=O) groups is 1. The molecule has 0 aliphatic carbocycles. The molecule has 108 valence electrons. The first kappa shape index (κ1) is 15.0. The zero-order valence-corrected chi connectivity index (χ0v) is 12.8. The van der Waals surface area contributed by atoms with Crippen molar-refractivity contribution >= 4 is 22.2 Å². The summed E-state index contributed by atoms with van der Waals surface area (Å²) in [5.74, 6) is -0.219. The van der Waals surface area contributed by atoms with E-state index in [-0.39, 0.29) is 18.1 Å². The predicted octanol–water partition coefficient (Wildman–Crippen LogP) is 2.02. The monoisotopic (exact) mass is 293 g/mol. The van der Waals surface area contributed by atoms with Crippen LogP contribution in [0.3, 0.4) is 0 Å². The molecule has 5 nitrogen and oxygen atoms in total. The number of nitrogens with zero attached hydrogens (tertiary/aromatic N) is 1. The molecule has 0 unspecified atom stereocenters. The number of ether oxygens (including phenoxy) is 1. The van der Waals surface area contributed by atoms with Crippen LogP contribution in [0.15, 0.2) is 0 Å². The van der Waals surface area contributed by atoms with E-state index in [4.69, 9.17) is 4.74 Å². The van der Waals surface area contributed by atoms with Crippen molar-refractivity contribution in [2.75, 3.05) is 18.5 Å². The van der Waals surface area contributed by atoms with Gasteiger partial charge in [-0.3, -0.25) is 4.79 Å². The van der Waals surface area contributed by atoms with Crippen LogP contribution in [0.4, 0.5) is 5.00 Å². The molecular formula is C14H19N3O2S. The number of carbonyl (C=O) groups excluding carboxylic acids is 1. The Morgan fingerprint density at radius 1 is 1.55 bits per heavy atom. The summed E-state index contributed by atoms with van der Waals surface area (Å²) in [6.07, 6.45) is 0.836. The highest BCUT2D eigenvalue weighted by Gasteiger charge is 2.22. The Hall–Kier alpha value is -1.42. The van der Waals surface area contributed by atoms with Gasteiger partial charge in [-0.1, -0.05) is 0 Å². The highest BCUT2D eigenvalue weighted by Crippen LogP contribution is 2.34. The van der Waals surface area contributed by atoms with Gasteiger partial charge in [-0.25, -0.2) is 0 Å². The predicted molar refractivity (Wildman–Crippen MR) is 78.8 cm³/mol. The van der Waals surface area contributed by atoms with Crippen molar-refractivity contribution in [2.45, 2.75) is 39.3 Å². The van der Waals surface area contributed by atoms with Crippen LogP contribution >= 0.6 is 11.3 Å². The Labute approximate surface area is 122 Å². The smallest absolute Gasteiger partial charge is 0.251 e. The second-order valence-corrected chi connectivity index (χ2v) is 6.80. The average Bonchev–Trinajstić information content (AvgIpc) is 2.72. The number of thiophene rings is 1. The fraction of sp³-hybridized carbons (Fsp3) is 0.571. The standard InChI is InChI=1S/C14H19N3O2S/c1-14(2,3)19-8-12(18)17-13-10(6-15)9-4-5-16-7-11(9)20-13/h16H,4-5,7-8H2,1-3H3,(H,17,18). The van der Waals surface area contributed by atoms with Gasteiger partial charge < -0.3 is 15.4 Å². The molecule has 20 heavy (non-hydrogen) atoms. The van der Waals surface area contributed by atoms with Crippen LogP contribution < -0.4 is 10.6 Å². The van der Waals surface area contributed by atoms with E-state index in [9.17, 15) is 10.1 Å². The zero-order valence-electron chi connectivity index (χ0n) is 12.0. The minimum Gasteiger partial charge on any atom is -0.366 e. The average molecular weight is 293 g/mol. The second-order valence-electron chi connectivity index (χ2n) is 5.70. The maximum absolute atomic E-state index is 11.9. The van der Waals surface area contributed by atoms with Crippen molar-refractivity contribution < 1.29 is 9.53 Å². The first-order valence-corrected chi connectivity index (χ1v) is 7.41. The number of fused-ring (bicyclic) bond motifs is 1. The van der Waals surface area contributed by atoms with Crippen LogP contribution in [0.1, 0.15) is 36.8 Å². The zero-order chi connectivity index (χ0) is 14.8. The number of nitriles is 1. The Morgan fingerprint density at radius 3 is 2.95 bits per heavy atom. The first-order valence-electron chi connectivity index (χ1n) is 6.60. The molecule has 0 bridgehead atoms. The molecule has 0 saturated heterocycles. The van der Waals surface area contributed by atoms with E-state index in [1.54, 1.807) is 0 Å². The molecule has 2 heterocycles. The van der Waals surface area contributed by atoms with Crippen LogP contribution in [-0.4, -0.2) is 24.7 Å². The summed E-state index contributed by atoms with van der Waals surface area (Å²) in [4.78, 5) is 13.0. The molecule has 0 radical (unpaired) electrons. The van der Waals surface area contributed by atoms with Gasteiger partial charge in [0.25, 0.3) is 5.91 Å². The molecular weight excluding hydrogens is 274 g/mol. The topological polar surface area (TPSA) is 74.1 Å². The Bertz CT molecular complexity index is 552. The first-order chi connectivity index (χ1) is 9.40. The lowest BCUT2D eigenvalue weighted by Crippen LogP contribution is -2.27. The van der Waals surface area contributed by atoms with Gasteiger partial charge in [0.05, 0.1) is 11.2 Å². The van der Waals surface area contributed by atoms with Crippen LogP contribution in [0.5, 0.6) is 0 Å². The van der Waals surface area contributed by atoms with E-state index in [1.807, 2.05) is 20.8 Å². The van der Waals surface area contributed by atoms with Crippen molar-refractivity contribution in [3.8, 4) is 6.07 Å². The highest BCUT2D eigenvalue weighted by molar-refractivity contribution is 7.16. The maximum Gasteiger partial charge on any atom is 0.251 e. The largest absolute Gasteiger partial charge is 0.366 e. The molecule has 1 amide bonds. The van der Waals surface area contributed by atoms with E-state index < -0.39 is 0 Å². The quantitative estimate of drug-likeness (QED) is 0.894. The van der Waals surface area contributed by atoms with E-state index in [2.05, 4.69) is 16.7 Å². The van der Waals surface area contributed by atoms with E-state index >= 15 is 0 Å². The molecule has 0 spiro atoms. The molecule has 6 heteroatoms. The second kappa shape index (κ2) is 5.92. The van der Waals surface area contributed by atoms with Crippen molar-refractivity contribution in [1.82, 2.24) is 5.32 Å². The van der Waals surface area contributed by atoms with Gasteiger partial charge in [0.2, 0.25) is 0 Å². The Kier molecular flexibility index (Phi) is 4.43. The molecule has 1 aromatic heterocycles. The lowest BCUT2D eigenvalue weighted by molar-refractivity contribution is -0.125. The van der Waals surface area contributed by atoms with Gasteiger partial charge in [0, 0.05) is 11.4 Å². The fourth-order valence-electron chi connectivity index (χ4n) is 1.99. The third kappa shape index (κ3) is 3.57. The third-order valence-corrected chi connectivity index (χ3v) is 4.08. The van der Waals surface area contributed by atoms with E-state index in [0.717, 1.165) is 30.0 Å². The van der Waals surface area contributed by atoms with Gasteiger partial charge in [-0.15, -0.1) is 11.3 Å². The molecule has 0 saturated carbocycles. The van der Waals surface area contributed by atoms with Gasteiger partial charge in [-0.2, -0.15) is 5.26 Å². The minimum absolute atomic E-state index is 0.00478. The molecule has 2 N–H and O–H groups in total. The number of hydrogen-bond donors (Lipinski definition) is 2. The number of nitrogens with one attached hydrogen (secondary N) is 2. The van der Waals surface area contributed by atoms with Gasteiger partial charge in [0.1, 0.15) is 17.7 Å². The number of hydrogen-bond acceptors (Lipinski definition) is 5. The van der Waals surface area contributed by atoms with Crippen molar-refractivity contribution in [3.63, 3.8) is 0 Å². The van der Waals surface area contributed by atoms with Crippen LogP contribution in [0.25, 0.3) is 0 Å². The fourth-order valence-corrected chi connectivity index (χ4v) is 3.17. The molecule has 2 rings (SSSR count). The minimum atomic E-state index is -0.353. The van der Waals surface area contributed by atoms with Crippen molar-refractivity contribution in [1.29, 1.82) is 5.26 Å². The van der Waals surface area contributed by atoms with Crippen LogP contribution in [0, 0.1) is 11.3 Å². The highest BCUT2D eigenvalue weighted by atomic mass is 32.1. The summed E-state index contributed by atoms with van der Waals surface area (Å²) in [6, 6.07) is 2.21. The summed E-state index contributed by atoms with van der Waals surface area (Å²) in [5.41, 5.74) is 1.33. The third-order valence-electron chi connectivity index (χ3n) is 2.93. The Morgan fingerprint density at radius 2 is 2.30 bits per heavy atom. The van der Waals surface area contributed by atoms with E-state index in [0.29, 0.717) is 10.6 Å². The molecule has 1 aromatic rings. The number of rotatable bonds is 3. The van der Waals surface area contributed by atoms with Gasteiger partial charge in [-0.05, 0) is 39.3 Å². The summed E-state index contributed by atoms with van der Waals surface area (Å²) >= 11 is 1.48. The summed E-state index contributed by atoms with van der Waals surface area (Å²) in [5, 5.41) is 16.0. The lowest BCUT2D eigenvalue weighted by Gasteiger charge is -2.18. The maximum atomic E-state index is 11.9. The molecule has 1 aliphatic rings. The van der Waals surface area contributed by atoms with Crippen LogP contribution in [0.2, 0.25) is 0 Å². The summed E-state index contributed by atoms with van der Waals surface area (Å²) < 4.78 is 5.44.